The molecule has 0 bridgehead atoms. The maximum Gasteiger partial charge on any atom is 0.308 e. The number of para-hydroxylation sites is 1. The van der Waals surface area contributed by atoms with Crippen molar-refractivity contribution in [3.63, 3.8) is 0 Å². The largest absolute Gasteiger partial charge is 0.490 e. The SMILES string of the molecule is CCCCCCCCCCCCCCc1ccccc1OC(C)CCOC(=O)C(C)CC[N+](C)(C)Cc1ccccc1. The highest BCUT2D eigenvalue weighted by Gasteiger charge is 2.22. The van der Waals surface area contributed by atoms with E-state index in [1.54, 1.807) is 0 Å². The minimum atomic E-state index is -0.106. The van der Waals surface area contributed by atoms with Crippen LogP contribution in [0.2, 0.25) is 0 Å². The third-order valence-corrected chi connectivity index (χ3v) is 8.39. The molecule has 0 aliphatic heterocycles. The van der Waals surface area contributed by atoms with Crippen LogP contribution < -0.4 is 4.74 Å². The number of ether oxygens (including phenoxy) is 2. The molecule has 4 nitrogen and oxygen atoms in total. The van der Waals surface area contributed by atoms with Crippen LogP contribution in [0.25, 0.3) is 0 Å². The number of carbonyl (C=O) groups excluding carboxylic acids is 1. The van der Waals surface area contributed by atoms with Gasteiger partial charge in [0.1, 0.15) is 12.3 Å². The molecule has 236 valence electrons. The molecule has 0 N–H and O–H groups in total. The third-order valence-electron chi connectivity index (χ3n) is 8.39. The Hall–Kier alpha value is -2.33. The number of aryl methyl sites for hydroxylation is 1. The van der Waals surface area contributed by atoms with Gasteiger partial charge in [-0.15, -0.1) is 0 Å². The first-order chi connectivity index (χ1) is 20.3. The molecule has 2 aromatic rings. The number of quaternary nitrogens is 1. The van der Waals surface area contributed by atoms with Gasteiger partial charge in [0.25, 0.3) is 0 Å². The third kappa shape index (κ3) is 16.3. The van der Waals surface area contributed by atoms with E-state index >= 15 is 0 Å². The van der Waals surface area contributed by atoms with Crippen LogP contribution in [0.5, 0.6) is 5.75 Å². The molecule has 0 amide bonds. The second kappa shape index (κ2) is 21.4. The minimum Gasteiger partial charge on any atom is -0.490 e. The van der Waals surface area contributed by atoms with Crippen LogP contribution in [0.4, 0.5) is 0 Å². The highest BCUT2D eigenvalue weighted by Crippen LogP contribution is 2.23. The number of hydrogen-bond donors (Lipinski definition) is 0. The fourth-order valence-electron chi connectivity index (χ4n) is 5.54. The van der Waals surface area contributed by atoms with Gasteiger partial charge in [0.2, 0.25) is 0 Å². The molecule has 2 rings (SSSR count). The van der Waals surface area contributed by atoms with Crippen molar-refractivity contribution in [3.05, 3.63) is 65.7 Å². The van der Waals surface area contributed by atoms with Crippen molar-refractivity contribution in [1.29, 1.82) is 0 Å². The summed E-state index contributed by atoms with van der Waals surface area (Å²) in [6.45, 7) is 8.62. The van der Waals surface area contributed by atoms with Gasteiger partial charge in [-0.25, -0.2) is 0 Å². The Morgan fingerprint density at radius 2 is 1.31 bits per heavy atom. The van der Waals surface area contributed by atoms with Gasteiger partial charge in [-0.1, -0.05) is 133 Å². The summed E-state index contributed by atoms with van der Waals surface area (Å²) in [5.41, 5.74) is 2.61. The quantitative estimate of drug-likeness (QED) is 0.0704. The van der Waals surface area contributed by atoms with Crippen LogP contribution in [0, 0.1) is 5.92 Å². The van der Waals surface area contributed by atoms with Gasteiger partial charge in [0.05, 0.1) is 39.3 Å². The van der Waals surface area contributed by atoms with E-state index in [1.165, 1.54) is 88.2 Å². The lowest BCUT2D eigenvalue weighted by Crippen LogP contribution is -2.40. The topological polar surface area (TPSA) is 35.5 Å². The number of esters is 1. The van der Waals surface area contributed by atoms with E-state index in [9.17, 15) is 4.79 Å². The molecular weight excluding hydrogens is 518 g/mol. The fraction of sp³-hybridized carbons (Fsp3) is 0.658. The summed E-state index contributed by atoms with van der Waals surface area (Å²) in [5.74, 6) is 0.770. The number of benzene rings is 2. The van der Waals surface area contributed by atoms with Crippen molar-refractivity contribution in [3.8, 4) is 5.75 Å². The highest BCUT2D eigenvalue weighted by atomic mass is 16.5. The van der Waals surface area contributed by atoms with Crippen LogP contribution in [0.1, 0.15) is 122 Å². The second-order valence-electron chi connectivity index (χ2n) is 13.1. The molecule has 0 fully saturated rings. The summed E-state index contributed by atoms with van der Waals surface area (Å²) in [6, 6.07) is 19.0. The smallest absolute Gasteiger partial charge is 0.308 e. The molecule has 2 unspecified atom stereocenters. The average molecular weight is 581 g/mol. The first-order valence-corrected chi connectivity index (χ1v) is 17.1. The highest BCUT2D eigenvalue weighted by molar-refractivity contribution is 5.71. The summed E-state index contributed by atoms with van der Waals surface area (Å²) in [4.78, 5) is 12.6. The van der Waals surface area contributed by atoms with Gasteiger partial charge in [-0.05, 0) is 31.4 Å². The van der Waals surface area contributed by atoms with Gasteiger partial charge >= 0.3 is 5.97 Å². The molecule has 2 aromatic carbocycles. The predicted octanol–water partition coefficient (Wildman–Crippen LogP) is 9.93. The standard InChI is InChI=1S/C38H62NO3/c1-6-7-8-9-10-11-12-13-14-15-16-20-25-36-26-21-22-27-37(36)42-34(3)29-31-41-38(40)33(2)28-30-39(4,5)32-35-23-18-17-19-24-35/h17-19,21-24,26-27,33-34H,6-16,20,25,28-32H2,1-5H3/q+1. The molecule has 0 radical (unpaired) electrons. The van der Waals surface area contributed by atoms with E-state index in [0.29, 0.717) is 13.0 Å². The van der Waals surface area contributed by atoms with E-state index < -0.39 is 0 Å². The van der Waals surface area contributed by atoms with Gasteiger partial charge in [-0.2, -0.15) is 0 Å². The Balaban J connectivity index is 1.59. The summed E-state index contributed by atoms with van der Waals surface area (Å²) in [7, 11) is 4.44. The number of nitrogens with zero attached hydrogens (tertiary/aromatic N) is 1. The van der Waals surface area contributed by atoms with Crippen molar-refractivity contribution in [1.82, 2.24) is 0 Å². The van der Waals surface area contributed by atoms with E-state index in [0.717, 1.165) is 36.2 Å². The lowest BCUT2D eigenvalue weighted by molar-refractivity contribution is -0.904. The lowest BCUT2D eigenvalue weighted by Gasteiger charge is -2.30. The Bertz CT molecular complexity index is 958. The predicted molar refractivity (Wildman–Crippen MR) is 178 cm³/mol. The van der Waals surface area contributed by atoms with Crippen LogP contribution in [0.15, 0.2) is 54.6 Å². The van der Waals surface area contributed by atoms with E-state index in [2.05, 4.69) is 70.4 Å². The van der Waals surface area contributed by atoms with Gasteiger partial charge in [-0.3, -0.25) is 4.79 Å². The Kier molecular flexibility index (Phi) is 18.3. The van der Waals surface area contributed by atoms with Crippen LogP contribution in [0.3, 0.4) is 0 Å². The minimum absolute atomic E-state index is 0.00213. The van der Waals surface area contributed by atoms with Crippen LogP contribution in [-0.4, -0.2) is 43.8 Å². The van der Waals surface area contributed by atoms with Crippen LogP contribution in [-0.2, 0) is 22.5 Å². The Morgan fingerprint density at radius 3 is 1.95 bits per heavy atom. The molecule has 0 aromatic heterocycles. The molecule has 0 saturated heterocycles. The van der Waals surface area contributed by atoms with Crippen molar-refractivity contribution in [2.45, 2.75) is 130 Å². The number of rotatable bonds is 24. The normalized spacial score (nSPS) is 13.1. The van der Waals surface area contributed by atoms with Crippen molar-refractivity contribution in [2.75, 3.05) is 27.2 Å². The summed E-state index contributed by atoms with van der Waals surface area (Å²) < 4.78 is 12.8. The molecule has 0 saturated carbocycles. The van der Waals surface area contributed by atoms with Gasteiger partial charge in [0, 0.05) is 18.4 Å². The van der Waals surface area contributed by atoms with Crippen molar-refractivity contribution in [2.24, 2.45) is 5.92 Å². The number of unbranched alkanes of at least 4 members (excludes halogenated alkanes) is 11. The van der Waals surface area contributed by atoms with Crippen molar-refractivity contribution >= 4 is 5.97 Å². The second-order valence-corrected chi connectivity index (χ2v) is 13.1. The molecule has 2 atom stereocenters. The molecule has 0 aliphatic rings. The number of hydrogen-bond acceptors (Lipinski definition) is 3. The molecule has 4 heteroatoms. The zero-order chi connectivity index (χ0) is 30.5. The monoisotopic (exact) mass is 580 g/mol. The Morgan fingerprint density at radius 1 is 0.738 bits per heavy atom. The summed E-state index contributed by atoms with van der Waals surface area (Å²) >= 11 is 0. The molecule has 0 aliphatic carbocycles. The first-order valence-electron chi connectivity index (χ1n) is 17.1. The number of carbonyl (C=O) groups is 1. The average Bonchev–Trinajstić information content (AvgIpc) is 2.97. The fourth-order valence-corrected chi connectivity index (χ4v) is 5.54. The summed E-state index contributed by atoms with van der Waals surface area (Å²) in [5, 5.41) is 0. The van der Waals surface area contributed by atoms with E-state index in [-0.39, 0.29) is 18.0 Å². The Labute approximate surface area is 258 Å². The zero-order valence-electron chi connectivity index (χ0n) is 27.8. The maximum atomic E-state index is 12.6. The van der Waals surface area contributed by atoms with Gasteiger partial charge in [0.15, 0.2) is 0 Å². The summed E-state index contributed by atoms with van der Waals surface area (Å²) in [6.07, 6.45) is 19.0. The molecule has 42 heavy (non-hydrogen) atoms. The van der Waals surface area contributed by atoms with Gasteiger partial charge < -0.3 is 14.0 Å². The van der Waals surface area contributed by atoms with Crippen LogP contribution >= 0.6 is 0 Å². The maximum absolute atomic E-state index is 12.6. The lowest BCUT2D eigenvalue weighted by atomic mass is 10.0. The molecular formula is C38H62NO3+. The first kappa shape index (κ1) is 35.9. The van der Waals surface area contributed by atoms with E-state index in [1.807, 2.05) is 19.1 Å². The molecule has 0 heterocycles. The van der Waals surface area contributed by atoms with Crippen molar-refractivity contribution < 1.29 is 18.8 Å². The molecule has 0 spiro atoms. The zero-order valence-corrected chi connectivity index (χ0v) is 27.8. The van der Waals surface area contributed by atoms with E-state index in [4.69, 9.17) is 9.47 Å².